The number of fused-ring (bicyclic) bond motifs is 1. The quantitative estimate of drug-likeness (QED) is 0.485. The second-order valence-electron chi connectivity index (χ2n) is 5.11. The Balaban J connectivity index is 2.49. The number of hydrogen-bond donors (Lipinski definition) is 0. The van der Waals surface area contributed by atoms with Crippen molar-refractivity contribution >= 4 is 11.8 Å². The summed E-state index contributed by atoms with van der Waals surface area (Å²) in [6.07, 6.45) is 0.785. The lowest BCUT2D eigenvalue weighted by Gasteiger charge is -2.18. The van der Waals surface area contributed by atoms with Gasteiger partial charge in [-0.15, -0.1) is 0 Å². The molecule has 1 aromatic rings. The lowest BCUT2D eigenvalue weighted by atomic mass is 9.93. The van der Waals surface area contributed by atoms with E-state index in [1.165, 1.54) is 0 Å². The van der Waals surface area contributed by atoms with Gasteiger partial charge in [0.25, 0.3) is 5.78 Å². The first kappa shape index (κ1) is 15.4. The van der Waals surface area contributed by atoms with Gasteiger partial charge in [0.15, 0.2) is 11.5 Å². The zero-order valence-electron chi connectivity index (χ0n) is 12.6. The highest BCUT2D eigenvalue weighted by Gasteiger charge is 2.27. The predicted molar refractivity (Wildman–Crippen MR) is 77.1 cm³/mol. The van der Waals surface area contributed by atoms with Gasteiger partial charge in [0, 0.05) is 17.5 Å². The van der Waals surface area contributed by atoms with Gasteiger partial charge < -0.3 is 14.2 Å². The highest BCUT2D eigenvalue weighted by atomic mass is 16.5. The summed E-state index contributed by atoms with van der Waals surface area (Å²) >= 11 is 0. The standard InChI is InChI=1S/C16H20O5/c1-4-19-16(18)14(17)11-6-7-12-15(13(11)10(2)3)21-9-5-8-20-12/h6-7,10H,4-5,8-9H2,1-3H3. The minimum Gasteiger partial charge on any atom is -0.490 e. The molecule has 0 saturated heterocycles. The molecule has 0 fully saturated rings. The molecule has 0 saturated carbocycles. The van der Waals surface area contributed by atoms with Crippen LogP contribution in [0.25, 0.3) is 0 Å². The monoisotopic (exact) mass is 292 g/mol. The second kappa shape index (κ2) is 6.61. The molecular formula is C16H20O5. The van der Waals surface area contributed by atoms with Crippen LogP contribution in [-0.2, 0) is 9.53 Å². The molecule has 0 amide bonds. The number of carbonyl (C=O) groups is 2. The molecule has 0 radical (unpaired) electrons. The van der Waals surface area contributed by atoms with Crippen molar-refractivity contribution in [2.24, 2.45) is 0 Å². The summed E-state index contributed by atoms with van der Waals surface area (Å²) in [5.74, 6) is -0.269. The Labute approximate surface area is 124 Å². The minimum atomic E-state index is -0.839. The first-order valence-electron chi connectivity index (χ1n) is 7.20. The molecular weight excluding hydrogens is 272 g/mol. The maximum atomic E-state index is 12.3. The normalized spacial score (nSPS) is 13.7. The van der Waals surface area contributed by atoms with E-state index in [-0.39, 0.29) is 12.5 Å². The third-order valence-corrected chi connectivity index (χ3v) is 3.24. The summed E-state index contributed by atoms with van der Waals surface area (Å²) in [6, 6.07) is 3.29. The maximum Gasteiger partial charge on any atom is 0.379 e. The molecule has 114 valence electrons. The molecule has 0 spiro atoms. The molecule has 2 rings (SSSR count). The Bertz CT molecular complexity index is 548. The van der Waals surface area contributed by atoms with Crippen molar-refractivity contribution in [3.8, 4) is 11.5 Å². The number of rotatable bonds is 4. The van der Waals surface area contributed by atoms with Crippen LogP contribution in [0.1, 0.15) is 49.0 Å². The van der Waals surface area contributed by atoms with Crippen LogP contribution in [0.2, 0.25) is 0 Å². The van der Waals surface area contributed by atoms with Gasteiger partial charge in [0.1, 0.15) is 0 Å². The van der Waals surface area contributed by atoms with E-state index in [1.54, 1.807) is 19.1 Å². The Kier molecular flexibility index (Phi) is 4.83. The number of carbonyl (C=O) groups excluding carboxylic acids is 2. The Morgan fingerprint density at radius 3 is 2.62 bits per heavy atom. The van der Waals surface area contributed by atoms with Gasteiger partial charge in [0.2, 0.25) is 0 Å². The first-order valence-corrected chi connectivity index (χ1v) is 7.20. The minimum absolute atomic E-state index is 0.0232. The Morgan fingerprint density at radius 1 is 1.24 bits per heavy atom. The summed E-state index contributed by atoms with van der Waals surface area (Å²) in [4.78, 5) is 24.0. The van der Waals surface area contributed by atoms with E-state index in [0.29, 0.717) is 35.8 Å². The van der Waals surface area contributed by atoms with Crippen LogP contribution in [0.4, 0.5) is 0 Å². The highest BCUT2D eigenvalue weighted by Crippen LogP contribution is 2.39. The van der Waals surface area contributed by atoms with Crippen LogP contribution >= 0.6 is 0 Å². The average molecular weight is 292 g/mol. The topological polar surface area (TPSA) is 61.8 Å². The van der Waals surface area contributed by atoms with Crippen LogP contribution in [0.3, 0.4) is 0 Å². The predicted octanol–water partition coefficient (Wildman–Crippen LogP) is 2.72. The Hall–Kier alpha value is -2.04. The van der Waals surface area contributed by atoms with Crippen LogP contribution in [-0.4, -0.2) is 31.6 Å². The summed E-state index contributed by atoms with van der Waals surface area (Å²) in [6.45, 7) is 6.85. The van der Waals surface area contributed by atoms with Crippen molar-refractivity contribution in [1.82, 2.24) is 0 Å². The third-order valence-electron chi connectivity index (χ3n) is 3.24. The average Bonchev–Trinajstić information content (AvgIpc) is 2.70. The number of ketones is 1. The maximum absolute atomic E-state index is 12.3. The largest absolute Gasteiger partial charge is 0.490 e. The molecule has 1 aliphatic heterocycles. The van der Waals surface area contributed by atoms with Crippen molar-refractivity contribution in [2.75, 3.05) is 19.8 Å². The van der Waals surface area contributed by atoms with Gasteiger partial charge in [-0.05, 0) is 25.0 Å². The molecule has 0 bridgehead atoms. The molecule has 0 atom stereocenters. The van der Waals surface area contributed by atoms with Crippen molar-refractivity contribution < 1.29 is 23.8 Å². The van der Waals surface area contributed by atoms with Gasteiger partial charge in [-0.3, -0.25) is 4.79 Å². The molecule has 5 heteroatoms. The van der Waals surface area contributed by atoms with E-state index in [4.69, 9.17) is 14.2 Å². The molecule has 0 aliphatic carbocycles. The third kappa shape index (κ3) is 3.17. The zero-order valence-corrected chi connectivity index (χ0v) is 12.6. The van der Waals surface area contributed by atoms with Crippen LogP contribution in [0.15, 0.2) is 12.1 Å². The van der Waals surface area contributed by atoms with Crippen molar-refractivity contribution in [3.63, 3.8) is 0 Å². The fraction of sp³-hybridized carbons (Fsp3) is 0.500. The SMILES string of the molecule is CCOC(=O)C(=O)c1ccc2c(c1C(C)C)OCCCO2. The smallest absolute Gasteiger partial charge is 0.379 e. The van der Waals surface area contributed by atoms with Crippen molar-refractivity contribution in [2.45, 2.75) is 33.1 Å². The molecule has 1 aliphatic rings. The number of hydrogen-bond acceptors (Lipinski definition) is 5. The van der Waals surface area contributed by atoms with Gasteiger partial charge in [-0.1, -0.05) is 13.8 Å². The van der Waals surface area contributed by atoms with Crippen molar-refractivity contribution in [1.29, 1.82) is 0 Å². The number of esters is 1. The number of benzene rings is 1. The molecule has 1 heterocycles. The van der Waals surface area contributed by atoms with E-state index < -0.39 is 11.8 Å². The van der Waals surface area contributed by atoms with E-state index in [9.17, 15) is 9.59 Å². The van der Waals surface area contributed by atoms with Gasteiger partial charge in [-0.2, -0.15) is 0 Å². The summed E-state index contributed by atoms with van der Waals surface area (Å²) < 4.78 is 16.2. The van der Waals surface area contributed by atoms with Gasteiger partial charge in [-0.25, -0.2) is 4.79 Å². The van der Waals surface area contributed by atoms with Crippen LogP contribution in [0, 0.1) is 0 Å². The van der Waals surface area contributed by atoms with E-state index in [2.05, 4.69) is 0 Å². The summed E-state index contributed by atoms with van der Waals surface area (Å²) in [5, 5.41) is 0. The van der Waals surface area contributed by atoms with E-state index in [0.717, 1.165) is 6.42 Å². The summed E-state index contributed by atoms with van der Waals surface area (Å²) in [5.41, 5.74) is 1.03. The fourth-order valence-corrected chi connectivity index (χ4v) is 2.34. The lowest BCUT2D eigenvalue weighted by molar-refractivity contribution is -0.137. The summed E-state index contributed by atoms with van der Waals surface area (Å²) in [7, 11) is 0. The van der Waals surface area contributed by atoms with E-state index >= 15 is 0 Å². The number of ether oxygens (including phenoxy) is 3. The van der Waals surface area contributed by atoms with Crippen LogP contribution < -0.4 is 9.47 Å². The highest BCUT2D eigenvalue weighted by molar-refractivity contribution is 6.41. The molecule has 0 N–H and O–H groups in total. The van der Waals surface area contributed by atoms with Crippen molar-refractivity contribution in [3.05, 3.63) is 23.3 Å². The molecule has 0 unspecified atom stereocenters. The van der Waals surface area contributed by atoms with Gasteiger partial charge >= 0.3 is 5.97 Å². The van der Waals surface area contributed by atoms with Crippen LogP contribution in [0.5, 0.6) is 11.5 Å². The zero-order chi connectivity index (χ0) is 15.4. The molecule has 0 aromatic heterocycles. The molecule has 5 nitrogen and oxygen atoms in total. The van der Waals surface area contributed by atoms with Gasteiger partial charge in [0.05, 0.1) is 19.8 Å². The molecule has 21 heavy (non-hydrogen) atoms. The fourth-order valence-electron chi connectivity index (χ4n) is 2.34. The lowest BCUT2D eigenvalue weighted by Crippen LogP contribution is -2.20. The first-order chi connectivity index (χ1) is 10.1. The number of Topliss-reactive ketones (excluding diaryl/α,β-unsaturated/α-hetero) is 1. The molecule has 1 aromatic carbocycles. The van der Waals surface area contributed by atoms with E-state index in [1.807, 2.05) is 13.8 Å². The Morgan fingerprint density at radius 2 is 1.95 bits per heavy atom. The second-order valence-corrected chi connectivity index (χ2v) is 5.11.